The summed E-state index contributed by atoms with van der Waals surface area (Å²) in [5.41, 5.74) is 2.27. The van der Waals surface area contributed by atoms with Crippen molar-refractivity contribution in [3.05, 3.63) is 62.9 Å². The molecule has 2 aromatic carbocycles. The first kappa shape index (κ1) is 15.3. The molecule has 0 N–H and O–H groups in total. The second-order valence-electron chi connectivity index (χ2n) is 5.35. The highest BCUT2D eigenvalue weighted by Gasteiger charge is 2.34. The van der Waals surface area contributed by atoms with Crippen LogP contribution in [-0.2, 0) is 5.75 Å². The van der Waals surface area contributed by atoms with E-state index in [1.54, 1.807) is 31.0 Å². The molecule has 0 saturated heterocycles. The fourth-order valence-corrected chi connectivity index (χ4v) is 4.64. The standard InChI is InChI=1S/C16H12ClN3O3S/c1-23-9-5-6-12-11(7-9)18-14-8-24-16(19(12)14)15-10(17)3-2-4-13(15)20(21)22/h2-7,16H,8H2,1H3. The van der Waals surface area contributed by atoms with Gasteiger partial charge in [-0.2, -0.15) is 0 Å². The van der Waals surface area contributed by atoms with Crippen LogP contribution in [0.5, 0.6) is 5.75 Å². The van der Waals surface area contributed by atoms with Crippen molar-refractivity contribution in [3.63, 3.8) is 0 Å². The summed E-state index contributed by atoms with van der Waals surface area (Å²) in [6.07, 6.45) is 0. The maximum absolute atomic E-state index is 11.4. The minimum Gasteiger partial charge on any atom is -0.497 e. The molecule has 6 nitrogen and oxygen atoms in total. The first-order valence-corrected chi connectivity index (χ1v) is 8.62. The lowest BCUT2D eigenvalue weighted by atomic mass is 10.1. The van der Waals surface area contributed by atoms with Crippen LogP contribution in [0.15, 0.2) is 36.4 Å². The Bertz CT molecular complexity index is 973. The number of thioether (sulfide) groups is 1. The number of fused-ring (bicyclic) bond motifs is 3. The minimum absolute atomic E-state index is 0.0308. The largest absolute Gasteiger partial charge is 0.497 e. The molecule has 0 radical (unpaired) electrons. The lowest BCUT2D eigenvalue weighted by Crippen LogP contribution is -2.07. The number of nitro groups is 1. The monoisotopic (exact) mass is 361 g/mol. The topological polar surface area (TPSA) is 70.2 Å². The molecule has 1 aromatic heterocycles. The molecule has 0 spiro atoms. The second kappa shape index (κ2) is 5.68. The molecule has 1 atom stereocenters. The number of nitro benzene ring substituents is 1. The maximum atomic E-state index is 11.4. The summed E-state index contributed by atoms with van der Waals surface area (Å²) in [4.78, 5) is 15.7. The number of benzene rings is 2. The van der Waals surface area contributed by atoms with Crippen molar-refractivity contribution in [2.45, 2.75) is 11.1 Å². The van der Waals surface area contributed by atoms with Crippen molar-refractivity contribution >= 4 is 40.1 Å². The van der Waals surface area contributed by atoms with Crippen LogP contribution in [0.4, 0.5) is 5.69 Å². The van der Waals surface area contributed by atoms with Crippen molar-refractivity contribution in [2.24, 2.45) is 0 Å². The van der Waals surface area contributed by atoms with E-state index < -0.39 is 0 Å². The van der Waals surface area contributed by atoms with E-state index in [1.165, 1.54) is 6.07 Å². The molecule has 3 aromatic rings. The number of nitrogens with zero attached hydrogens (tertiary/aromatic N) is 3. The smallest absolute Gasteiger partial charge is 0.277 e. The van der Waals surface area contributed by atoms with Crippen LogP contribution in [0.25, 0.3) is 11.0 Å². The van der Waals surface area contributed by atoms with Crippen LogP contribution in [0.1, 0.15) is 16.8 Å². The molecular weight excluding hydrogens is 350 g/mol. The van der Waals surface area contributed by atoms with Crippen molar-refractivity contribution in [1.82, 2.24) is 9.55 Å². The van der Waals surface area contributed by atoms with Gasteiger partial charge < -0.3 is 9.30 Å². The van der Waals surface area contributed by atoms with Crippen LogP contribution in [0.3, 0.4) is 0 Å². The average molecular weight is 362 g/mol. The van der Waals surface area contributed by atoms with Crippen LogP contribution in [-0.4, -0.2) is 21.6 Å². The zero-order chi connectivity index (χ0) is 16.8. The molecule has 2 heterocycles. The van der Waals surface area contributed by atoms with Gasteiger partial charge in [0.05, 0.1) is 39.4 Å². The highest BCUT2D eigenvalue weighted by molar-refractivity contribution is 7.99. The molecule has 0 saturated carbocycles. The predicted molar refractivity (Wildman–Crippen MR) is 93.8 cm³/mol. The molecule has 0 bridgehead atoms. The van der Waals surface area contributed by atoms with Crippen molar-refractivity contribution in [1.29, 1.82) is 0 Å². The summed E-state index contributed by atoms with van der Waals surface area (Å²) in [6, 6.07) is 10.4. The summed E-state index contributed by atoms with van der Waals surface area (Å²) in [7, 11) is 1.61. The number of methoxy groups -OCH3 is 1. The van der Waals surface area contributed by atoms with Gasteiger partial charge in [-0.3, -0.25) is 10.1 Å². The van der Waals surface area contributed by atoms with Gasteiger partial charge in [0.25, 0.3) is 5.69 Å². The number of hydrogen-bond donors (Lipinski definition) is 0. The van der Waals surface area contributed by atoms with Gasteiger partial charge in [-0.1, -0.05) is 17.7 Å². The van der Waals surface area contributed by atoms with E-state index in [0.717, 1.165) is 22.6 Å². The first-order chi connectivity index (χ1) is 11.6. The molecule has 122 valence electrons. The Morgan fingerprint density at radius 3 is 3.00 bits per heavy atom. The Labute approximate surface area is 146 Å². The van der Waals surface area contributed by atoms with Gasteiger partial charge in [0.2, 0.25) is 0 Å². The molecule has 8 heteroatoms. The Morgan fingerprint density at radius 1 is 1.42 bits per heavy atom. The summed E-state index contributed by atoms with van der Waals surface area (Å²) in [5.74, 6) is 2.28. The Kier molecular flexibility index (Phi) is 3.62. The van der Waals surface area contributed by atoms with Crippen LogP contribution in [0, 0.1) is 10.1 Å². The zero-order valence-electron chi connectivity index (χ0n) is 12.6. The first-order valence-electron chi connectivity index (χ1n) is 7.19. The number of hydrogen-bond acceptors (Lipinski definition) is 5. The van der Waals surface area contributed by atoms with Crippen LogP contribution < -0.4 is 4.74 Å². The van der Waals surface area contributed by atoms with E-state index in [0.29, 0.717) is 16.3 Å². The van der Waals surface area contributed by atoms with Crippen molar-refractivity contribution in [3.8, 4) is 5.75 Å². The van der Waals surface area contributed by atoms with Gasteiger partial charge in [0.15, 0.2) is 0 Å². The molecule has 1 aliphatic heterocycles. The lowest BCUT2D eigenvalue weighted by molar-refractivity contribution is -0.385. The molecule has 1 unspecified atom stereocenters. The van der Waals surface area contributed by atoms with E-state index in [-0.39, 0.29) is 16.0 Å². The van der Waals surface area contributed by atoms with Gasteiger partial charge in [0.1, 0.15) is 16.9 Å². The summed E-state index contributed by atoms with van der Waals surface area (Å²) >= 11 is 7.90. The lowest BCUT2D eigenvalue weighted by Gasteiger charge is -2.15. The average Bonchev–Trinajstić information content (AvgIpc) is 3.12. The minimum atomic E-state index is -0.387. The number of aromatic nitrogens is 2. The van der Waals surface area contributed by atoms with E-state index in [9.17, 15) is 10.1 Å². The Morgan fingerprint density at radius 2 is 2.25 bits per heavy atom. The van der Waals surface area contributed by atoms with E-state index in [4.69, 9.17) is 16.3 Å². The zero-order valence-corrected chi connectivity index (χ0v) is 14.2. The van der Waals surface area contributed by atoms with Gasteiger partial charge >= 0.3 is 0 Å². The molecule has 4 rings (SSSR count). The third kappa shape index (κ3) is 2.23. The molecular formula is C16H12ClN3O3S. The number of ether oxygens (including phenoxy) is 1. The molecule has 24 heavy (non-hydrogen) atoms. The Balaban J connectivity index is 1.93. The third-order valence-electron chi connectivity index (χ3n) is 4.05. The van der Waals surface area contributed by atoms with Crippen LogP contribution in [0.2, 0.25) is 5.02 Å². The maximum Gasteiger partial charge on any atom is 0.277 e. The number of halogens is 1. The van der Waals surface area contributed by atoms with Gasteiger partial charge in [-0.15, -0.1) is 11.8 Å². The summed E-state index contributed by atoms with van der Waals surface area (Å²) < 4.78 is 7.26. The second-order valence-corrected chi connectivity index (χ2v) is 6.82. The van der Waals surface area contributed by atoms with Crippen molar-refractivity contribution in [2.75, 3.05) is 7.11 Å². The predicted octanol–water partition coefficient (Wildman–Crippen LogP) is 4.40. The van der Waals surface area contributed by atoms with Gasteiger partial charge in [-0.25, -0.2) is 4.98 Å². The molecule has 0 fully saturated rings. The summed E-state index contributed by atoms with van der Waals surface area (Å²) in [5, 5.41) is 11.5. The summed E-state index contributed by atoms with van der Waals surface area (Å²) in [6.45, 7) is 0. The molecule has 0 amide bonds. The highest BCUT2D eigenvalue weighted by atomic mass is 35.5. The van der Waals surface area contributed by atoms with Crippen molar-refractivity contribution < 1.29 is 9.66 Å². The van der Waals surface area contributed by atoms with Gasteiger partial charge in [0, 0.05) is 12.1 Å². The van der Waals surface area contributed by atoms with Crippen LogP contribution >= 0.6 is 23.4 Å². The number of imidazole rings is 1. The van der Waals surface area contributed by atoms with E-state index >= 15 is 0 Å². The molecule has 0 aliphatic carbocycles. The Hall–Kier alpha value is -2.25. The fraction of sp³-hybridized carbons (Fsp3) is 0.188. The SMILES string of the molecule is COc1ccc2c(c1)nc1n2C(c2c(Cl)cccc2[N+](=O)[O-])SC1. The third-order valence-corrected chi connectivity index (χ3v) is 5.56. The number of rotatable bonds is 3. The quantitative estimate of drug-likeness (QED) is 0.510. The molecule has 1 aliphatic rings. The van der Waals surface area contributed by atoms with E-state index in [1.807, 2.05) is 22.8 Å². The van der Waals surface area contributed by atoms with Gasteiger partial charge in [-0.05, 0) is 18.2 Å². The normalized spacial score (nSPS) is 16.3. The fourth-order valence-electron chi connectivity index (χ4n) is 2.99. The highest BCUT2D eigenvalue weighted by Crippen LogP contribution is 2.47. The van der Waals surface area contributed by atoms with E-state index in [2.05, 4.69) is 4.98 Å².